The number of nitrogens with zero attached hydrogens (tertiary/aromatic N) is 5. The van der Waals surface area contributed by atoms with Gasteiger partial charge in [-0.05, 0) is 25.8 Å². The van der Waals surface area contributed by atoms with Gasteiger partial charge in [0.25, 0.3) is 0 Å². The molecule has 0 amide bonds. The van der Waals surface area contributed by atoms with Crippen LogP contribution in [0.1, 0.15) is 46.0 Å². The molecule has 0 spiro atoms. The topological polar surface area (TPSA) is 68.7 Å². The molecule has 0 radical (unpaired) electrons. The molecule has 2 rings (SSSR count). The summed E-state index contributed by atoms with van der Waals surface area (Å²) in [7, 11) is 0. The molecular weight excluding hydrogens is 338 g/mol. The smallest absolute Gasteiger partial charge is 0.225 e. The van der Waals surface area contributed by atoms with Crippen LogP contribution in [0, 0.1) is 0 Å². The fourth-order valence-electron chi connectivity index (χ4n) is 3.21. The van der Waals surface area contributed by atoms with Crippen LogP contribution in [0.4, 0.5) is 5.95 Å². The lowest BCUT2D eigenvalue weighted by Gasteiger charge is -2.34. The fourth-order valence-corrected chi connectivity index (χ4v) is 3.21. The van der Waals surface area contributed by atoms with Crippen LogP contribution in [-0.2, 0) is 0 Å². The molecule has 0 aromatic carbocycles. The molecule has 1 aliphatic heterocycles. The van der Waals surface area contributed by atoms with Crippen molar-refractivity contribution in [2.75, 3.05) is 57.3 Å². The fraction of sp³-hybridized carbons (Fsp3) is 0.750. The minimum absolute atomic E-state index is 0.849. The van der Waals surface area contributed by atoms with Gasteiger partial charge < -0.3 is 15.5 Å². The maximum Gasteiger partial charge on any atom is 0.225 e. The zero-order valence-electron chi connectivity index (χ0n) is 17.2. The quantitative estimate of drug-likeness (QED) is 0.351. The van der Waals surface area contributed by atoms with Gasteiger partial charge >= 0.3 is 0 Å². The molecule has 1 saturated heterocycles. The third kappa shape index (κ3) is 8.56. The highest BCUT2D eigenvalue weighted by molar-refractivity contribution is 5.79. The summed E-state index contributed by atoms with van der Waals surface area (Å²) in [5, 5.41) is 6.79. The molecule has 7 heteroatoms. The molecule has 0 unspecified atom stereocenters. The van der Waals surface area contributed by atoms with Crippen LogP contribution in [0.5, 0.6) is 0 Å². The molecule has 7 nitrogen and oxygen atoms in total. The highest BCUT2D eigenvalue weighted by Gasteiger charge is 2.17. The summed E-state index contributed by atoms with van der Waals surface area (Å²) in [6, 6.07) is 1.86. The molecule has 1 aromatic rings. The van der Waals surface area contributed by atoms with Crippen molar-refractivity contribution in [1.82, 2.24) is 25.5 Å². The van der Waals surface area contributed by atoms with Crippen molar-refractivity contribution in [3.63, 3.8) is 0 Å². The van der Waals surface area contributed by atoms with Crippen LogP contribution in [0.25, 0.3) is 0 Å². The Labute approximate surface area is 164 Å². The number of anilines is 1. The van der Waals surface area contributed by atoms with Gasteiger partial charge in [0.1, 0.15) is 0 Å². The Balaban J connectivity index is 1.61. The van der Waals surface area contributed by atoms with Crippen LogP contribution in [0.3, 0.4) is 0 Å². The Hall–Kier alpha value is -1.89. The zero-order valence-corrected chi connectivity index (χ0v) is 17.2. The average Bonchev–Trinajstić information content (AvgIpc) is 2.72. The third-order valence-corrected chi connectivity index (χ3v) is 4.78. The summed E-state index contributed by atoms with van der Waals surface area (Å²) >= 11 is 0. The largest absolute Gasteiger partial charge is 0.357 e. The number of unbranched alkanes of at least 4 members (excludes halogenated alkanes) is 3. The molecular formula is C20H37N7. The second-order valence-corrected chi connectivity index (χ2v) is 6.98. The Morgan fingerprint density at radius 1 is 1.00 bits per heavy atom. The van der Waals surface area contributed by atoms with Crippen LogP contribution < -0.4 is 15.5 Å². The summed E-state index contributed by atoms with van der Waals surface area (Å²) in [5.41, 5.74) is 0. The average molecular weight is 376 g/mol. The van der Waals surface area contributed by atoms with Gasteiger partial charge in [-0.1, -0.05) is 26.2 Å². The third-order valence-electron chi connectivity index (χ3n) is 4.78. The van der Waals surface area contributed by atoms with Crippen LogP contribution in [0.2, 0.25) is 0 Å². The van der Waals surface area contributed by atoms with Gasteiger partial charge in [0, 0.05) is 64.8 Å². The number of hydrogen-bond acceptors (Lipinski definition) is 5. The number of hydrogen-bond donors (Lipinski definition) is 2. The Kier molecular flexibility index (Phi) is 10.6. The van der Waals surface area contributed by atoms with Crippen LogP contribution in [-0.4, -0.2) is 73.2 Å². The molecule has 0 atom stereocenters. The van der Waals surface area contributed by atoms with Gasteiger partial charge in [0.15, 0.2) is 5.96 Å². The maximum absolute atomic E-state index is 4.72. The van der Waals surface area contributed by atoms with Crippen LogP contribution >= 0.6 is 0 Å². The molecule has 152 valence electrons. The monoisotopic (exact) mass is 375 g/mol. The summed E-state index contributed by atoms with van der Waals surface area (Å²) in [4.78, 5) is 18.2. The molecule has 0 saturated carbocycles. The number of nitrogens with one attached hydrogen (secondary N) is 2. The second-order valence-electron chi connectivity index (χ2n) is 6.98. The maximum atomic E-state index is 4.72. The van der Waals surface area contributed by atoms with E-state index in [9.17, 15) is 0 Å². The predicted octanol–water partition coefficient (Wildman–Crippen LogP) is 2.12. The van der Waals surface area contributed by atoms with E-state index in [4.69, 9.17) is 4.99 Å². The first-order chi connectivity index (χ1) is 13.3. The molecule has 1 aromatic heterocycles. The molecule has 27 heavy (non-hydrogen) atoms. The van der Waals surface area contributed by atoms with E-state index in [1.165, 1.54) is 25.7 Å². The van der Waals surface area contributed by atoms with E-state index in [1.807, 2.05) is 18.5 Å². The molecule has 2 N–H and O–H groups in total. The SMILES string of the molecule is CCCCCCNC(=NCCCN1CCN(c2ncccn2)CC1)NCC. The second kappa shape index (κ2) is 13.3. The highest BCUT2D eigenvalue weighted by Crippen LogP contribution is 2.09. The van der Waals surface area contributed by atoms with E-state index in [0.717, 1.165) is 70.7 Å². The first-order valence-electron chi connectivity index (χ1n) is 10.6. The van der Waals surface area contributed by atoms with Crippen molar-refractivity contribution in [2.45, 2.75) is 46.0 Å². The minimum atomic E-state index is 0.849. The van der Waals surface area contributed by atoms with Gasteiger partial charge in [-0.2, -0.15) is 0 Å². The van der Waals surface area contributed by atoms with Crippen LogP contribution in [0.15, 0.2) is 23.5 Å². The van der Waals surface area contributed by atoms with Gasteiger partial charge in [0.2, 0.25) is 5.95 Å². The Bertz CT molecular complexity index is 512. The first-order valence-corrected chi connectivity index (χ1v) is 10.6. The number of aromatic nitrogens is 2. The number of piperazine rings is 1. The molecule has 0 bridgehead atoms. The van der Waals surface area contributed by atoms with Crippen molar-refractivity contribution < 1.29 is 0 Å². The molecule has 2 heterocycles. The summed E-state index contributed by atoms with van der Waals surface area (Å²) in [6.07, 6.45) is 9.82. The number of guanidine groups is 1. The highest BCUT2D eigenvalue weighted by atomic mass is 15.3. The van der Waals surface area contributed by atoms with Crippen molar-refractivity contribution in [3.8, 4) is 0 Å². The van der Waals surface area contributed by atoms with E-state index in [0.29, 0.717) is 0 Å². The summed E-state index contributed by atoms with van der Waals surface area (Å²) < 4.78 is 0. The van der Waals surface area contributed by atoms with Gasteiger partial charge in [-0.3, -0.25) is 9.89 Å². The normalized spacial score (nSPS) is 15.8. The van der Waals surface area contributed by atoms with Gasteiger partial charge in [0.05, 0.1) is 0 Å². The summed E-state index contributed by atoms with van der Waals surface area (Å²) in [5.74, 6) is 1.81. The van der Waals surface area contributed by atoms with Crippen molar-refractivity contribution in [1.29, 1.82) is 0 Å². The summed E-state index contributed by atoms with van der Waals surface area (Å²) in [6.45, 7) is 12.4. The predicted molar refractivity (Wildman–Crippen MR) is 113 cm³/mol. The van der Waals surface area contributed by atoms with E-state index in [-0.39, 0.29) is 0 Å². The first kappa shape index (κ1) is 21.4. The van der Waals surface area contributed by atoms with E-state index >= 15 is 0 Å². The lowest BCUT2D eigenvalue weighted by molar-refractivity contribution is 0.255. The van der Waals surface area contributed by atoms with Crippen molar-refractivity contribution in [3.05, 3.63) is 18.5 Å². The van der Waals surface area contributed by atoms with E-state index in [2.05, 4.69) is 44.2 Å². The number of aliphatic imine (C=N–C) groups is 1. The van der Waals surface area contributed by atoms with Gasteiger partial charge in [-0.25, -0.2) is 9.97 Å². The van der Waals surface area contributed by atoms with Crippen molar-refractivity contribution in [2.24, 2.45) is 4.99 Å². The number of rotatable bonds is 11. The Morgan fingerprint density at radius 3 is 2.48 bits per heavy atom. The Morgan fingerprint density at radius 2 is 1.78 bits per heavy atom. The lowest BCUT2D eigenvalue weighted by atomic mass is 10.2. The molecule has 1 fully saturated rings. The van der Waals surface area contributed by atoms with Gasteiger partial charge in [-0.15, -0.1) is 0 Å². The standard InChI is InChI=1S/C20H37N7/c1-3-5-6-7-10-22-19(21-4-2)23-13-9-14-26-15-17-27(18-16-26)20-24-11-8-12-25-20/h8,11-12H,3-7,9-10,13-18H2,1-2H3,(H2,21,22,23). The van der Waals surface area contributed by atoms with E-state index in [1.54, 1.807) is 0 Å². The van der Waals surface area contributed by atoms with E-state index < -0.39 is 0 Å². The minimum Gasteiger partial charge on any atom is -0.357 e. The zero-order chi connectivity index (χ0) is 19.2. The lowest BCUT2D eigenvalue weighted by Crippen LogP contribution is -2.47. The molecule has 0 aliphatic carbocycles. The molecule has 1 aliphatic rings. The van der Waals surface area contributed by atoms with Crippen molar-refractivity contribution >= 4 is 11.9 Å².